The monoisotopic (exact) mass is 484 g/mol. The Morgan fingerprint density at radius 3 is 2.53 bits per heavy atom. The number of allylic oxidation sites excluding steroid dienone is 3. The first-order chi connectivity index (χ1) is 16.2. The second-order valence-corrected chi connectivity index (χ2v) is 11.5. The van der Waals surface area contributed by atoms with Gasteiger partial charge in [-0.1, -0.05) is 18.2 Å². The number of hydrogen-bond acceptors (Lipinski definition) is 5. The van der Waals surface area contributed by atoms with Crippen molar-refractivity contribution in [2.75, 3.05) is 18.0 Å². The van der Waals surface area contributed by atoms with Gasteiger partial charge in [-0.3, -0.25) is 0 Å². The Labute approximate surface area is 197 Å². The second kappa shape index (κ2) is 8.32. The van der Waals surface area contributed by atoms with Crippen LogP contribution in [0.3, 0.4) is 0 Å². The molecule has 0 saturated carbocycles. The van der Waals surface area contributed by atoms with Gasteiger partial charge in [0.05, 0.1) is 0 Å². The molecule has 2 aliphatic rings. The highest BCUT2D eigenvalue weighted by molar-refractivity contribution is 7.91. The molecule has 1 aromatic carbocycles. The summed E-state index contributed by atoms with van der Waals surface area (Å²) in [6.45, 7) is 3.22. The van der Waals surface area contributed by atoms with Crippen molar-refractivity contribution < 1.29 is 17.2 Å². The Morgan fingerprint density at radius 2 is 1.82 bits per heavy atom. The molecule has 1 aliphatic carbocycles. The average molecular weight is 485 g/mol. The SMILES string of the molecule is CC1(S(=O)(=O)n2ccc3c(N4CCC(N)CC4)ccnc32)C=C(c2cc(F)cc(F)c2)C=CC1. The molecule has 1 unspecified atom stereocenters. The smallest absolute Gasteiger partial charge is 0.249 e. The maximum Gasteiger partial charge on any atom is 0.249 e. The number of nitrogens with two attached hydrogens (primary N) is 1. The number of fused-ring (bicyclic) bond motifs is 1. The van der Waals surface area contributed by atoms with E-state index in [-0.39, 0.29) is 18.0 Å². The number of anilines is 1. The van der Waals surface area contributed by atoms with E-state index >= 15 is 0 Å². The van der Waals surface area contributed by atoms with Crippen LogP contribution in [0.5, 0.6) is 0 Å². The number of benzene rings is 1. The molecule has 0 bridgehead atoms. The summed E-state index contributed by atoms with van der Waals surface area (Å²) in [7, 11) is -3.96. The zero-order chi connectivity index (χ0) is 24.1. The summed E-state index contributed by atoms with van der Waals surface area (Å²) in [5, 5.41) is 0.757. The summed E-state index contributed by atoms with van der Waals surface area (Å²) < 4.78 is 55.2. The number of piperidine rings is 1. The quantitative estimate of drug-likeness (QED) is 0.600. The van der Waals surface area contributed by atoms with Crippen molar-refractivity contribution in [1.82, 2.24) is 8.96 Å². The molecule has 178 valence electrons. The second-order valence-electron chi connectivity index (χ2n) is 9.19. The lowest BCUT2D eigenvalue weighted by atomic mass is 9.93. The van der Waals surface area contributed by atoms with Crippen LogP contribution < -0.4 is 10.6 Å². The van der Waals surface area contributed by atoms with Gasteiger partial charge in [-0.05, 0) is 61.6 Å². The van der Waals surface area contributed by atoms with E-state index < -0.39 is 26.4 Å². The predicted molar refractivity (Wildman–Crippen MR) is 130 cm³/mol. The molecule has 2 N–H and O–H groups in total. The fraction of sp³-hybridized carbons (Fsp3) is 0.320. The van der Waals surface area contributed by atoms with Gasteiger partial charge in [0.25, 0.3) is 0 Å². The highest BCUT2D eigenvalue weighted by Crippen LogP contribution is 2.37. The van der Waals surface area contributed by atoms with E-state index in [1.807, 2.05) is 6.07 Å². The minimum Gasteiger partial charge on any atom is -0.371 e. The van der Waals surface area contributed by atoms with Gasteiger partial charge in [-0.2, -0.15) is 0 Å². The Morgan fingerprint density at radius 1 is 1.12 bits per heavy atom. The van der Waals surface area contributed by atoms with Crippen LogP contribution >= 0.6 is 0 Å². The van der Waals surface area contributed by atoms with E-state index in [9.17, 15) is 17.2 Å². The van der Waals surface area contributed by atoms with Crippen molar-refractivity contribution in [1.29, 1.82) is 0 Å². The van der Waals surface area contributed by atoms with Gasteiger partial charge >= 0.3 is 0 Å². The molecule has 0 radical (unpaired) electrons. The van der Waals surface area contributed by atoms with Crippen LogP contribution in [0.1, 0.15) is 31.7 Å². The molecule has 0 amide bonds. The maximum atomic E-state index is 13.9. The number of hydrogen-bond donors (Lipinski definition) is 1. The number of rotatable bonds is 4. The number of halogens is 2. The molecule has 1 fully saturated rings. The summed E-state index contributed by atoms with van der Waals surface area (Å²) in [6, 6.07) is 7.04. The summed E-state index contributed by atoms with van der Waals surface area (Å²) in [6.07, 6.45) is 10.1. The molecule has 34 heavy (non-hydrogen) atoms. The highest BCUT2D eigenvalue weighted by Gasteiger charge is 2.40. The molecule has 3 heterocycles. The molecule has 2 aromatic heterocycles. The van der Waals surface area contributed by atoms with Crippen molar-refractivity contribution >= 4 is 32.3 Å². The molecular weight excluding hydrogens is 458 g/mol. The molecule has 1 atom stereocenters. The van der Waals surface area contributed by atoms with Gasteiger partial charge in [-0.25, -0.2) is 26.2 Å². The van der Waals surface area contributed by atoms with Crippen LogP contribution in [0.4, 0.5) is 14.5 Å². The lowest BCUT2D eigenvalue weighted by molar-refractivity contribution is 0.502. The van der Waals surface area contributed by atoms with E-state index in [1.54, 1.807) is 37.4 Å². The first-order valence-corrected chi connectivity index (χ1v) is 12.7. The maximum absolute atomic E-state index is 13.9. The number of aromatic nitrogens is 2. The molecular formula is C25H26F2N4O2S. The average Bonchev–Trinajstić information content (AvgIpc) is 3.24. The van der Waals surface area contributed by atoms with Gasteiger partial charge in [-0.15, -0.1) is 0 Å². The largest absolute Gasteiger partial charge is 0.371 e. The topological polar surface area (TPSA) is 81.2 Å². The first kappa shape index (κ1) is 22.7. The van der Waals surface area contributed by atoms with Crippen molar-refractivity contribution in [3.05, 3.63) is 78.2 Å². The molecule has 1 aliphatic heterocycles. The van der Waals surface area contributed by atoms with Crippen LogP contribution in [0.25, 0.3) is 16.6 Å². The Bertz CT molecular complexity index is 1400. The number of nitrogens with zero attached hydrogens (tertiary/aromatic N) is 3. The summed E-state index contributed by atoms with van der Waals surface area (Å²) >= 11 is 0. The summed E-state index contributed by atoms with van der Waals surface area (Å²) in [5.74, 6) is -1.43. The van der Waals surface area contributed by atoms with E-state index in [2.05, 4.69) is 9.88 Å². The molecule has 3 aromatic rings. The summed E-state index contributed by atoms with van der Waals surface area (Å²) in [4.78, 5) is 6.61. The highest BCUT2D eigenvalue weighted by atomic mass is 32.2. The Balaban J connectivity index is 1.56. The summed E-state index contributed by atoms with van der Waals surface area (Å²) in [5.41, 5.74) is 8.07. The zero-order valence-electron chi connectivity index (χ0n) is 18.8. The number of pyridine rings is 1. The Hall–Kier alpha value is -3.04. The lowest BCUT2D eigenvalue weighted by Gasteiger charge is -2.32. The molecule has 0 spiro atoms. The van der Waals surface area contributed by atoms with Crippen molar-refractivity contribution in [3.63, 3.8) is 0 Å². The van der Waals surface area contributed by atoms with Gasteiger partial charge in [0, 0.05) is 48.7 Å². The van der Waals surface area contributed by atoms with Crippen LogP contribution in [-0.2, 0) is 10.0 Å². The molecule has 6 nitrogen and oxygen atoms in total. The van der Waals surface area contributed by atoms with Gasteiger partial charge in [0.2, 0.25) is 10.0 Å². The minimum atomic E-state index is -3.96. The van der Waals surface area contributed by atoms with Crippen molar-refractivity contribution in [2.45, 2.75) is 37.0 Å². The van der Waals surface area contributed by atoms with E-state index in [1.165, 1.54) is 22.3 Å². The fourth-order valence-corrected chi connectivity index (χ4v) is 6.40. The van der Waals surface area contributed by atoms with Gasteiger partial charge in [0.15, 0.2) is 5.65 Å². The van der Waals surface area contributed by atoms with E-state index in [4.69, 9.17) is 5.73 Å². The zero-order valence-corrected chi connectivity index (χ0v) is 19.6. The van der Waals surface area contributed by atoms with Crippen LogP contribution in [0.2, 0.25) is 0 Å². The van der Waals surface area contributed by atoms with Gasteiger partial charge in [0.1, 0.15) is 16.4 Å². The normalized spacial score (nSPS) is 21.8. The molecule has 1 saturated heterocycles. The molecule has 5 rings (SSSR count). The fourth-order valence-electron chi connectivity index (χ4n) is 4.77. The van der Waals surface area contributed by atoms with Crippen molar-refractivity contribution in [3.8, 4) is 0 Å². The van der Waals surface area contributed by atoms with Gasteiger partial charge < -0.3 is 10.6 Å². The van der Waals surface area contributed by atoms with Crippen LogP contribution in [0.15, 0.2) is 61.0 Å². The van der Waals surface area contributed by atoms with E-state index in [0.717, 1.165) is 43.1 Å². The van der Waals surface area contributed by atoms with Crippen LogP contribution in [0, 0.1) is 11.6 Å². The third kappa shape index (κ3) is 3.82. The Kier molecular flexibility index (Phi) is 5.56. The third-order valence-corrected chi connectivity index (χ3v) is 9.01. The lowest BCUT2D eigenvalue weighted by Crippen LogP contribution is -2.40. The third-order valence-electron chi connectivity index (χ3n) is 6.74. The standard InChI is InChI=1S/C25H26F2N4O2S/c1-25(8-2-3-17(16-25)18-13-19(26)15-20(27)14-18)34(32,33)31-12-7-22-23(4-9-29-24(22)31)30-10-5-21(28)6-11-30/h2-4,7,9,12-16,21H,5-6,8,10-11,28H2,1H3. The minimum absolute atomic E-state index is 0.186. The first-order valence-electron chi connectivity index (χ1n) is 11.3. The predicted octanol–water partition coefficient (Wildman–Crippen LogP) is 4.22. The molecule has 9 heteroatoms. The van der Waals surface area contributed by atoms with Crippen molar-refractivity contribution in [2.24, 2.45) is 5.73 Å². The van der Waals surface area contributed by atoms with E-state index in [0.29, 0.717) is 11.2 Å². The van der Waals surface area contributed by atoms with Crippen LogP contribution in [-0.4, -0.2) is 41.3 Å².